The molecule has 0 saturated carbocycles. The molecular weight excluding hydrogens is 636 g/mol. The Kier molecular flexibility index (Phi) is 8.77. The molecule has 0 aliphatic carbocycles. The van der Waals surface area contributed by atoms with E-state index in [1.165, 1.54) is 0 Å². The van der Waals surface area contributed by atoms with Gasteiger partial charge in [-0.05, 0) is 85.3 Å². The van der Waals surface area contributed by atoms with E-state index in [9.17, 15) is 0 Å². The molecule has 2 saturated heterocycles. The lowest BCUT2D eigenvalue weighted by atomic mass is 10.1. The molecule has 2 aliphatic rings. The molecule has 206 valence electrons. The van der Waals surface area contributed by atoms with Crippen molar-refractivity contribution in [3.8, 4) is 45.1 Å². The Morgan fingerprint density at radius 2 is 1.05 bits per heavy atom. The minimum absolute atomic E-state index is 0.188. The van der Waals surface area contributed by atoms with E-state index in [1.807, 2.05) is 48.8 Å². The summed E-state index contributed by atoms with van der Waals surface area (Å²) >= 11 is 7.24. The summed E-state index contributed by atoms with van der Waals surface area (Å²) in [7, 11) is 0. The molecule has 2 atom stereocenters. The van der Waals surface area contributed by atoms with E-state index < -0.39 is 0 Å². The van der Waals surface area contributed by atoms with E-state index >= 15 is 0 Å². The van der Waals surface area contributed by atoms with Crippen LogP contribution >= 0.6 is 31.9 Å². The summed E-state index contributed by atoms with van der Waals surface area (Å²) in [5.74, 6) is 1.56. The van der Waals surface area contributed by atoms with Gasteiger partial charge >= 0.3 is 0 Å². The number of nitrogens with zero attached hydrogens (tertiary/aromatic N) is 2. The summed E-state index contributed by atoms with van der Waals surface area (Å²) in [4.78, 5) is 9.42. The third-order valence-corrected chi connectivity index (χ3v) is 7.93. The van der Waals surface area contributed by atoms with Crippen molar-refractivity contribution in [3.05, 3.63) is 82.0 Å². The van der Waals surface area contributed by atoms with Gasteiger partial charge in [-0.25, -0.2) is 0 Å². The van der Waals surface area contributed by atoms with Crippen LogP contribution in [-0.4, -0.2) is 35.8 Å². The summed E-state index contributed by atoms with van der Waals surface area (Å²) in [5, 5.41) is 0. The Morgan fingerprint density at radius 1 is 0.575 bits per heavy atom. The number of hydrogen-bond acceptors (Lipinski definition) is 6. The van der Waals surface area contributed by atoms with E-state index in [0.29, 0.717) is 0 Å². The second kappa shape index (κ2) is 12.8. The lowest BCUT2D eigenvalue weighted by Crippen LogP contribution is -2.24. The van der Waals surface area contributed by atoms with Crippen molar-refractivity contribution in [2.24, 2.45) is 0 Å². The molecular formula is C32H30Br2N2O4. The highest BCUT2D eigenvalue weighted by atomic mass is 79.9. The minimum Gasteiger partial charge on any atom is -0.465 e. The third kappa shape index (κ3) is 6.92. The van der Waals surface area contributed by atoms with Crippen LogP contribution in [0.15, 0.2) is 82.0 Å². The molecule has 40 heavy (non-hydrogen) atoms. The molecule has 2 aromatic heterocycles. The largest absolute Gasteiger partial charge is 0.465 e. The zero-order chi connectivity index (χ0) is 27.3. The average Bonchev–Trinajstić information content (AvgIpc) is 2.98. The van der Waals surface area contributed by atoms with Crippen LogP contribution in [0.4, 0.5) is 0 Å². The van der Waals surface area contributed by atoms with Crippen molar-refractivity contribution in [1.82, 2.24) is 9.97 Å². The van der Waals surface area contributed by atoms with Crippen molar-refractivity contribution in [1.29, 1.82) is 0 Å². The maximum atomic E-state index is 6.09. The number of halogens is 2. The van der Waals surface area contributed by atoms with Gasteiger partial charge in [-0.2, -0.15) is 0 Å². The van der Waals surface area contributed by atoms with E-state index in [0.717, 1.165) is 106 Å². The predicted molar refractivity (Wildman–Crippen MR) is 162 cm³/mol. The highest BCUT2D eigenvalue weighted by Crippen LogP contribution is 2.33. The smallest absolute Gasteiger partial charge is 0.199 e. The summed E-state index contributed by atoms with van der Waals surface area (Å²) in [6.07, 6.45) is 9.63. The highest BCUT2D eigenvalue weighted by molar-refractivity contribution is 9.10. The molecule has 0 spiro atoms. The minimum atomic E-state index is -0.188. The molecule has 6 nitrogen and oxygen atoms in total. The SMILES string of the molecule is Brc1cc(OC2CCCCO2)cc(-c2ccc(-c3ccc(-c4cc(Br)cc(OC5CCCCO5)c4)cn3)nc2)c1. The average molecular weight is 666 g/mol. The van der Waals surface area contributed by atoms with Crippen molar-refractivity contribution in [2.45, 2.75) is 51.1 Å². The van der Waals surface area contributed by atoms with E-state index in [-0.39, 0.29) is 12.6 Å². The molecule has 6 rings (SSSR count). The van der Waals surface area contributed by atoms with Crippen LogP contribution in [-0.2, 0) is 9.47 Å². The summed E-state index contributed by atoms with van der Waals surface area (Å²) in [6, 6.07) is 20.3. The highest BCUT2D eigenvalue weighted by Gasteiger charge is 2.17. The fraction of sp³-hybridized carbons (Fsp3) is 0.312. The van der Waals surface area contributed by atoms with Gasteiger partial charge < -0.3 is 18.9 Å². The molecule has 0 radical (unpaired) electrons. The molecule has 0 bridgehead atoms. The van der Waals surface area contributed by atoms with Gasteiger partial charge in [0.25, 0.3) is 0 Å². The van der Waals surface area contributed by atoms with Gasteiger partial charge in [-0.3, -0.25) is 9.97 Å². The first-order valence-electron chi connectivity index (χ1n) is 13.7. The number of hydrogen-bond donors (Lipinski definition) is 0. The zero-order valence-electron chi connectivity index (χ0n) is 22.0. The van der Waals surface area contributed by atoms with Crippen LogP contribution in [0.3, 0.4) is 0 Å². The molecule has 2 aromatic carbocycles. The number of aromatic nitrogens is 2. The first-order chi connectivity index (χ1) is 19.6. The standard InChI is InChI=1S/C32H30Br2N2O4/c33-25-13-23(15-27(17-25)39-31-5-1-3-11-37-31)21-7-9-29(35-19-21)30-10-8-22(20-36-30)24-14-26(34)18-28(16-24)40-32-6-2-4-12-38-32/h7-10,13-20,31-32H,1-6,11-12H2. The molecule has 2 unspecified atom stereocenters. The molecule has 4 heterocycles. The molecule has 4 aromatic rings. The first kappa shape index (κ1) is 27.4. The Labute approximate surface area is 251 Å². The summed E-state index contributed by atoms with van der Waals surface area (Å²) < 4.78 is 25.6. The zero-order valence-corrected chi connectivity index (χ0v) is 25.2. The topological polar surface area (TPSA) is 62.7 Å². The summed E-state index contributed by atoms with van der Waals surface area (Å²) in [5.41, 5.74) is 5.66. The van der Waals surface area contributed by atoms with Gasteiger partial charge in [-0.1, -0.05) is 44.0 Å². The molecule has 2 aliphatic heterocycles. The van der Waals surface area contributed by atoms with Gasteiger partial charge in [-0.15, -0.1) is 0 Å². The Balaban J connectivity index is 1.16. The van der Waals surface area contributed by atoms with Gasteiger partial charge in [0.15, 0.2) is 12.6 Å². The van der Waals surface area contributed by atoms with Crippen LogP contribution in [0, 0.1) is 0 Å². The van der Waals surface area contributed by atoms with Crippen LogP contribution in [0.25, 0.3) is 33.6 Å². The second-order valence-electron chi connectivity index (χ2n) is 10.0. The number of rotatable bonds is 7. The van der Waals surface area contributed by atoms with Gasteiger partial charge in [0.05, 0.1) is 24.6 Å². The Morgan fingerprint density at radius 3 is 1.43 bits per heavy atom. The number of ether oxygens (including phenoxy) is 4. The fourth-order valence-corrected chi connectivity index (χ4v) is 5.88. The normalized spacial score (nSPS) is 19.2. The number of benzene rings is 2. The predicted octanol–water partition coefficient (Wildman–Crippen LogP) is 8.81. The second-order valence-corrected chi connectivity index (χ2v) is 11.9. The Bertz CT molecular complexity index is 1320. The van der Waals surface area contributed by atoms with Crippen LogP contribution in [0.2, 0.25) is 0 Å². The van der Waals surface area contributed by atoms with E-state index in [1.54, 1.807) is 0 Å². The lowest BCUT2D eigenvalue weighted by molar-refractivity contribution is -0.106. The lowest BCUT2D eigenvalue weighted by Gasteiger charge is -2.23. The third-order valence-electron chi connectivity index (χ3n) is 7.01. The maximum absolute atomic E-state index is 6.09. The van der Waals surface area contributed by atoms with Gasteiger partial charge in [0.2, 0.25) is 0 Å². The molecule has 0 N–H and O–H groups in total. The van der Waals surface area contributed by atoms with Crippen LogP contribution in [0.5, 0.6) is 11.5 Å². The van der Waals surface area contributed by atoms with Crippen molar-refractivity contribution >= 4 is 31.9 Å². The fourth-order valence-electron chi connectivity index (χ4n) is 4.94. The molecule has 2 fully saturated rings. The van der Waals surface area contributed by atoms with Crippen molar-refractivity contribution in [3.63, 3.8) is 0 Å². The van der Waals surface area contributed by atoms with Crippen molar-refractivity contribution in [2.75, 3.05) is 13.2 Å². The monoisotopic (exact) mass is 664 g/mol. The van der Waals surface area contributed by atoms with Crippen LogP contribution < -0.4 is 9.47 Å². The maximum Gasteiger partial charge on any atom is 0.199 e. The summed E-state index contributed by atoms with van der Waals surface area (Å²) in [6.45, 7) is 1.50. The van der Waals surface area contributed by atoms with Crippen molar-refractivity contribution < 1.29 is 18.9 Å². The number of pyridine rings is 2. The van der Waals surface area contributed by atoms with Crippen LogP contribution in [0.1, 0.15) is 38.5 Å². The van der Waals surface area contributed by atoms with Gasteiger partial charge in [0.1, 0.15) is 11.5 Å². The molecule has 0 amide bonds. The Hall–Kier alpha value is -2.78. The first-order valence-corrected chi connectivity index (χ1v) is 15.3. The van der Waals surface area contributed by atoms with E-state index in [4.69, 9.17) is 28.9 Å². The van der Waals surface area contributed by atoms with Gasteiger partial charge in [0, 0.05) is 45.3 Å². The quantitative estimate of drug-likeness (QED) is 0.197. The molecule has 8 heteroatoms. The van der Waals surface area contributed by atoms with E-state index in [2.05, 4.69) is 56.1 Å².